The molecule has 3 nitrogen and oxygen atoms in total. The van der Waals surface area contributed by atoms with Crippen molar-refractivity contribution >= 4 is 12.3 Å². The van der Waals surface area contributed by atoms with Crippen LogP contribution in [0.5, 0.6) is 0 Å². The van der Waals surface area contributed by atoms with E-state index in [0.29, 0.717) is 11.1 Å². The van der Waals surface area contributed by atoms with E-state index in [1.54, 1.807) is 18.2 Å². The minimum Gasteiger partial charge on any atom is -0.465 e. The van der Waals surface area contributed by atoms with Gasteiger partial charge in [-0.05, 0) is 23.3 Å². The van der Waals surface area contributed by atoms with Crippen LogP contribution in [0, 0.1) is 0 Å². The van der Waals surface area contributed by atoms with Crippen molar-refractivity contribution in [3.63, 3.8) is 0 Å². The molecule has 0 aliphatic heterocycles. The Hall–Kier alpha value is -2.42. The van der Waals surface area contributed by atoms with Crippen molar-refractivity contribution in [1.29, 1.82) is 0 Å². The first-order valence-electron chi connectivity index (χ1n) is 5.49. The molecule has 3 heteroatoms. The molecule has 2 rings (SSSR count). The number of benzene rings is 2. The van der Waals surface area contributed by atoms with Crippen molar-refractivity contribution in [2.24, 2.45) is 0 Å². The predicted molar refractivity (Wildman–Crippen MR) is 68.6 cm³/mol. The van der Waals surface area contributed by atoms with Gasteiger partial charge in [0.25, 0.3) is 0 Å². The van der Waals surface area contributed by atoms with Gasteiger partial charge in [0.2, 0.25) is 0 Å². The van der Waals surface area contributed by atoms with Crippen molar-refractivity contribution < 1.29 is 14.3 Å². The molecule has 0 saturated carbocycles. The molecule has 90 valence electrons. The van der Waals surface area contributed by atoms with E-state index in [1.807, 2.05) is 30.3 Å². The molecular weight excluding hydrogens is 228 g/mol. The van der Waals surface area contributed by atoms with Crippen LogP contribution in [0.15, 0.2) is 48.5 Å². The summed E-state index contributed by atoms with van der Waals surface area (Å²) in [6.07, 6.45) is 0.745. The first kappa shape index (κ1) is 12.0. The maximum Gasteiger partial charge on any atom is 0.337 e. The normalized spacial score (nSPS) is 9.83. The first-order valence-corrected chi connectivity index (χ1v) is 5.49. The van der Waals surface area contributed by atoms with E-state index < -0.39 is 5.97 Å². The van der Waals surface area contributed by atoms with Crippen LogP contribution in [-0.2, 0) is 4.74 Å². The van der Waals surface area contributed by atoms with E-state index in [2.05, 4.69) is 4.74 Å². The second-order valence-corrected chi connectivity index (χ2v) is 3.78. The second-order valence-electron chi connectivity index (χ2n) is 3.78. The molecule has 0 heterocycles. The Labute approximate surface area is 105 Å². The summed E-state index contributed by atoms with van der Waals surface area (Å²) in [7, 11) is 1.31. The number of hydrogen-bond donors (Lipinski definition) is 0. The number of hydrogen-bond acceptors (Lipinski definition) is 3. The molecule has 0 spiro atoms. The van der Waals surface area contributed by atoms with Gasteiger partial charge in [-0.15, -0.1) is 0 Å². The lowest BCUT2D eigenvalue weighted by Gasteiger charge is -2.07. The lowest BCUT2D eigenvalue weighted by molar-refractivity contribution is 0.0601. The van der Waals surface area contributed by atoms with Gasteiger partial charge in [0.15, 0.2) is 6.29 Å². The van der Waals surface area contributed by atoms with E-state index in [0.717, 1.165) is 17.4 Å². The molecule has 18 heavy (non-hydrogen) atoms. The maximum absolute atomic E-state index is 11.4. The topological polar surface area (TPSA) is 43.4 Å². The van der Waals surface area contributed by atoms with Gasteiger partial charge in [-0.1, -0.05) is 36.4 Å². The van der Waals surface area contributed by atoms with Gasteiger partial charge < -0.3 is 4.74 Å². The predicted octanol–water partition coefficient (Wildman–Crippen LogP) is 2.95. The zero-order valence-electron chi connectivity index (χ0n) is 9.92. The van der Waals surface area contributed by atoms with E-state index in [4.69, 9.17) is 0 Å². The minimum atomic E-state index is -0.447. The molecule has 0 radical (unpaired) electrons. The smallest absolute Gasteiger partial charge is 0.337 e. The van der Waals surface area contributed by atoms with Crippen LogP contribution in [-0.4, -0.2) is 19.4 Å². The highest BCUT2D eigenvalue weighted by atomic mass is 16.5. The highest BCUT2D eigenvalue weighted by molar-refractivity contribution is 5.95. The molecule has 0 saturated heterocycles. The monoisotopic (exact) mass is 240 g/mol. The summed E-state index contributed by atoms with van der Waals surface area (Å²) >= 11 is 0. The average Bonchev–Trinajstić information content (AvgIpc) is 2.46. The van der Waals surface area contributed by atoms with Crippen LogP contribution in [0.2, 0.25) is 0 Å². The van der Waals surface area contributed by atoms with E-state index in [1.165, 1.54) is 7.11 Å². The van der Waals surface area contributed by atoms with Crippen molar-refractivity contribution in [3.8, 4) is 11.1 Å². The van der Waals surface area contributed by atoms with Crippen LogP contribution in [0.3, 0.4) is 0 Å². The molecule has 2 aromatic rings. The number of aldehydes is 1. The molecule has 0 amide bonds. The highest BCUT2D eigenvalue weighted by Gasteiger charge is 2.10. The summed E-state index contributed by atoms with van der Waals surface area (Å²) in [4.78, 5) is 22.5. The van der Waals surface area contributed by atoms with E-state index >= 15 is 0 Å². The molecule has 0 N–H and O–H groups in total. The molecule has 0 aliphatic rings. The Morgan fingerprint density at radius 1 is 1.11 bits per heavy atom. The lowest BCUT2D eigenvalue weighted by atomic mass is 9.98. The van der Waals surface area contributed by atoms with Crippen LogP contribution in [0.25, 0.3) is 11.1 Å². The number of carbonyl (C=O) groups excluding carboxylic acids is 2. The zero-order valence-corrected chi connectivity index (χ0v) is 9.92. The van der Waals surface area contributed by atoms with Gasteiger partial charge in [-0.2, -0.15) is 0 Å². The maximum atomic E-state index is 11.4. The Bertz CT molecular complexity index is 574. The number of esters is 1. The van der Waals surface area contributed by atoms with Crippen molar-refractivity contribution in [2.75, 3.05) is 7.11 Å². The van der Waals surface area contributed by atoms with Crippen molar-refractivity contribution in [2.45, 2.75) is 0 Å². The standard InChI is InChI=1S/C15H12O3/c1-18-15(17)12-7-8-14(13(9-12)10-16)11-5-3-2-4-6-11/h2-10H,1H3. The minimum absolute atomic E-state index is 0.374. The van der Waals surface area contributed by atoms with Crippen LogP contribution >= 0.6 is 0 Å². The van der Waals surface area contributed by atoms with Gasteiger partial charge in [-0.25, -0.2) is 4.79 Å². The van der Waals surface area contributed by atoms with E-state index in [9.17, 15) is 9.59 Å². The summed E-state index contributed by atoms with van der Waals surface area (Å²) in [6, 6.07) is 14.5. The molecule has 0 aliphatic carbocycles. The Kier molecular flexibility index (Phi) is 3.53. The molecule has 0 unspecified atom stereocenters. The first-order chi connectivity index (χ1) is 8.76. The highest BCUT2D eigenvalue weighted by Crippen LogP contribution is 2.23. The fourth-order valence-corrected chi connectivity index (χ4v) is 1.79. The number of rotatable bonds is 3. The van der Waals surface area contributed by atoms with Crippen LogP contribution in [0.4, 0.5) is 0 Å². The van der Waals surface area contributed by atoms with Gasteiger partial charge in [0.05, 0.1) is 12.7 Å². The Morgan fingerprint density at radius 2 is 1.83 bits per heavy atom. The average molecular weight is 240 g/mol. The molecule has 0 aromatic heterocycles. The molecule has 0 bridgehead atoms. The van der Waals surface area contributed by atoms with Crippen molar-refractivity contribution in [3.05, 3.63) is 59.7 Å². The summed E-state index contributed by atoms with van der Waals surface area (Å²) in [5.41, 5.74) is 2.60. The fourth-order valence-electron chi connectivity index (χ4n) is 1.79. The summed E-state index contributed by atoms with van der Waals surface area (Å²) in [5, 5.41) is 0. The third kappa shape index (κ3) is 2.30. The molecular formula is C15H12O3. The third-order valence-electron chi connectivity index (χ3n) is 2.68. The van der Waals surface area contributed by atoms with Gasteiger partial charge in [-0.3, -0.25) is 4.79 Å². The van der Waals surface area contributed by atoms with E-state index in [-0.39, 0.29) is 0 Å². The second kappa shape index (κ2) is 5.27. The summed E-state index contributed by atoms with van der Waals surface area (Å²) < 4.78 is 4.63. The van der Waals surface area contributed by atoms with Gasteiger partial charge >= 0.3 is 5.97 Å². The molecule has 0 fully saturated rings. The number of ether oxygens (including phenoxy) is 1. The SMILES string of the molecule is COC(=O)c1ccc(-c2ccccc2)c(C=O)c1. The lowest BCUT2D eigenvalue weighted by Crippen LogP contribution is -2.02. The van der Waals surface area contributed by atoms with Gasteiger partial charge in [0.1, 0.15) is 0 Å². The quantitative estimate of drug-likeness (QED) is 0.612. The molecule has 2 aromatic carbocycles. The molecule has 0 atom stereocenters. The van der Waals surface area contributed by atoms with Gasteiger partial charge in [0, 0.05) is 5.56 Å². The third-order valence-corrected chi connectivity index (χ3v) is 2.68. The van der Waals surface area contributed by atoms with Crippen molar-refractivity contribution in [1.82, 2.24) is 0 Å². The summed E-state index contributed by atoms with van der Waals surface area (Å²) in [5.74, 6) is -0.447. The van der Waals surface area contributed by atoms with Crippen LogP contribution in [0.1, 0.15) is 20.7 Å². The largest absolute Gasteiger partial charge is 0.465 e. The van der Waals surface area contributed by atoms with Crippen LogP contribution < -0.4 is 0 Å². The zero-order chi connectivity index (χ0) is 13.0. The Balaban J connectivity index is 2.51. The fraction of sp³-hybridized carbons (Fsp3) is 0.0667. The number of carbonyl (C=O) groups is 2. The Morgan fingerprint density at radius 3 is 2.44 bits per heavy atom. The number of methoxy groups -OCH3 is 1. The summed E-state index contributed by atoms with van der Waals surface area (Å²) in [6.45, 7) is 0.